The predicted octanol–water partition coefficient (Wildman–Crippen LogP) is 2.85. The van der Waals surface area contributed by atoms with Gasteiger partial charge in [-0.1, -0.05) is 20.8 Å². The lowest BCUT2D eigenvalue weighted by Crippen LogP contribution is -2.33. The van der Waals surface area contributed by atoms with Crippen molar-refractivity contribution in [3.63, 3.8) is 0 Å². The number of carboxylic acid groups (broad SMARTS) is 1. The average molecular weight is 318 g/mol. The fourth-order valence-electron chi connectivity index (χ4n) is 2.49. The van der Waals surface area contributed by atoms with Gasteiger partial charge >= 0.3 is 12.0 Å². The lowest BCUT2D eigenvalue weighted by molar-refractivity contribution is -0.141. The van der Waals surface area contributed by atoms with E-state index in [0.717, 1.165) is 0 Å². The minimum atomic E-state index is -0.870. The molecule has 2 rings (SSSR count). The lowest BCUT2D eigenvalue weighted by Gasteiger charge is -2.18. The van der Waals surface area contributed by atoms with Crippen molar-refractivity contribution >= 4 is 23.5 Å². The van der Waals surface area contributed by atoms with Crippen molar-refractivity contribution in [3.05, 3.63) is 29.8 Å². The van der Waals surface area contributed by atoms with E-state index in [1.54, 1.807) is 24.3 Å². The molecular weight excluding hydrogens is 296 g/mol. The first-order valence-electron chi connectivity index (χ1n) is 7.62. The fourth-order valence-corrected chi connectivity index (χ4v) is 2.49. The maximum atomic E-state index is 12.2. The number of hydrogen-bond donors (Lipinski definition) is 2. The van der Waals surface area contributed by atoms with Crippen LogP contribution >= 0.6 is 0 Å². The first-order valence-corrected chi connectivity index (χ1v) is 7.62. The summed E-state index contributed by atoms with van der Waals surface area (Å²) in [4.78, 5) is 36.7. The summed E-state index contributed by atoms with van der Waals surface area (Å²) in [6.07, 6.45) is 0.474. The van der Waals surface area contributed by atoms with Crippen molar-refractivity contribution in [3.8, 4) is 0 Å². The number of carboxylic acids is 1. The normalized spacial score (nSPS) is 17.9. The van der Waals surface area contributed by atoms with Crippen LogP contribution in [0.15, 0.2) is 24.3 Å². The van der Waals surface area contributed by atoms with Gasteiger partial charge in [-0.15, -0.1) is 0 Å². The number of anilines is 1. The topological polar surface area (TPSA) is 86.7 Å². The molecule has 2 amide bonds. The Kier molecular flexibility index (Phi) is 4.73. The third-order valence-electron chi connectivity index (χ3n) is 3.90. The van der Waals surface area contributed by atoms with Gasteiger partial charge in [0.15, 0.2) is 5.78 Å². The number of urea groups is 1. The summed E-state index contributed by atoms with van der Waals surface area (Å²) < 4.78 is 0. The Morgan fingerprint density at radius 3 is 2.26 bits per heavy atom. The SMILES string of the molecule is CC(C)(C)C(=O)c1ccc(NC(=O)N2CCC(C(=O)O)C2)cc1. The Hall–Kier alpha value is -2.37. The van der Waals surface area contributed by atoms with E-state index in [2.05, 4.69) is 5.32 Å². The summed E-state index contributed by atoms with van der Waals surface area (Å²) >= 11 is 0. The highest BCUT2D eigenvalue weighted by Gasteiger charge is 2.30. The molecule has 2 N–H and O–H groups in total. The van der Waals surface area contributed by atoms with Crippen LogP contribution in [0.25, 0.3) is 0 Å². The van der Waals surface area contributed by atoms with Crippen molar-refractivity contribution in [2.45, 2.75) is 27.2 Å². The van der Waals surface area contributed by atoms with Crippen molar-refractivity contribution in [1.29, 1.82) is 0 Å². The number of amides is 2. The van der Waals surface area contributed by atoms with E-state index in [4.69, 9.17) is 5.11 Å². The van der Waals surface area contributed by atoms with Crippen molar-refractivity contribution in [2.75, 3.05) is 18.4 Å². The maximum absolute atomic E-state index is 12.2. The molecule has 1 atom stereocenters. The number of aliphatic carboxylic acids is 1. The first kappa shape index (κ1) is 17.0. The second-order valence-corrected chi connectivity index (χ2v) is 6.86. The summed E-state index contributed by atoms with van der Waals surface area (Å²) in [5.74, 6) is -1.32. The van der Waals surface area contributed by atoms with Crippen molar-refractivity contribution < 1.29 is 19.5 Å². The molecule has 1 aromatic carbocycles. The van der Waals surface area contributed by atoms with E-state index in [9.17, 15) is 14.4 Å². The molecule has 1 unspecified atom stereocenters. The molecule has 0 bridgehead atoms. The molecule has 6 nitrogen and oxygen atoms in total. The van der Waals surface area contributed by atoms with Crippen LogP contribution in [0.4, 0.5) is 10.5 Å². The Bertz CT molecular complexity index is 616. The summed E-state index contributed by atoms with van der Waals surface area (Å²) in [7, 11) is 0. The highest BCUT2D eigenvalue weighted by Crippen LogP contribution is 2.22. The molecule has 0 aliphatic carbocycles. The average Bonchev–Trinajstić information content (AvgIpc) is 2.96. The number of ketones is 1. The first-order chi connectivity index (χ1) is 10.7. The van der Waals surface area contributed by atoms with Crippen molar-refractivity contribution in [1.82, 2.24) is 4.90 Å². The van der Waals surface area contributed by atoms with Gasteiger partial charge in [0.2, 0.25) is 0 Å². The van der Waals surface area contributed by atoms with E-state index < -0.39 is 17.3 Å². The number of carbonyl (C=O) groups is 3. The smallest absolute Gasteiger partial charge is 0.321 e. The number of nitrogens with one attached hydrogen (secondary N) is 1. The molecule has 1 aliphatic heterocycles. The van der Waals surface area contributed by atoms with Crippen LogP contribution in [0.5, 0.6) is 0 Å². The third-order valence-corrected chi connectivity index (χ3v) is 3.90. The van der Waals surface area contributed by atoms with Crippen LogP contribution in [0, 0.1) is 11.3 Å². The maximum Gasteiger partial charge on any atom is 0.321 e. The largest absolute Gasteiger partial charge is 0.481 e. The van der Waals surface area contributed by atoms with Gasteiger partial charge in [0.1, 0.15) is 0 Å². The molecular formula is C17H22N2O4. The van der Waals surface area contributed by atoms with E-state index in [-0.39, 0.29) is 18.4 Å². The van der Waals surface area contributed by atoms with Gasteiger partial charge < -0.3 is 15.3 Å². The Morgan fingerprint density at radius 2 is 1.78 bits per heavy atom. The summed E-state index contributed by atoms with van der Waals surface area (Å²) in [5.41, 5.74) is 0.730. The molecule has 6 heteroatoms. The third kappa shape index (κ3) is 4.09. The molecule has 0 aromatic heterocycles. The monoisotopic (exact) mass is 318 g/mol. The summed E-state index contributed by atoms with van der Waals surface area (Å²) in [5, 5.41) is 11.7. The second kappa shape index (κ2) is 6.40. The molecule has 1 aliphatic rings. The standard InChI is InChI=1S/C17H22N2O4/c1-17(2,3)14(20)11-4-6-13(7-5-11)18-16(23)19-9-8-12(10-19)15(21)22/h4-7,12H,8-10H2,1-3H3,(H,18,23)(H,21,22). The fraction of sp³-hybridized carbons (Fsp3) is 0.471. The minimum absolute atomic E-state index is 0.0409. The number of Topliss-reactive ketones (excluding diaryl/α,β-unsaturated/α-hetero) is 1. The molecule has 23 heavy (non-hydrogen) atoms. The predicted molar refractivity (Wildman–Crippen MR) is 86.6 cm³/mol. The zero-order chi connectivity index (χ0) is 17.2. The number of nitrogens with zero attached hydrogens (tertiary/aromatic N) is 1. The Morgan fingerprint density at radius 1 is 1.17 bits per heavy atom. The van der Waals surface area contributed by atoms with Gasteiger partial charge in [-0.25, -0.2) is 4.79 Å². The zero-order valence-corrected chi connectivity index (χ0v) is 13.6. The molecule has 1 aromatic rings. The molecule has 1 heterocycles. The summed E-state index contributed by atoms with van der Waals surface area (Å²) in [6.45, 7) is 6.23. The highest BCUT2D eigenvalue weighted by molar-refractivity contribution is 6.00. The van der Waals surface area contributed by atoms with Gasteiger partial charge in [-0.2, -0.15) is 0 Å². The zero-order valence-electron chi connectivity index (χ0n) is 13.6. The summed E-state index contributed by atoms with van der Waals surface area (Å²) in [6, 6.07) is 6.42. The van der Waals surface area contributed by atoms with Crippen LogP contribution in [0.2, 0.25) is 0 Å². The van der Waals surface area contributed by atoms with Crippen LogP contribution in [-0.2, 0) is 4.79 Å². The number of likely N-dealkylation sites (tertiary alicyclic amines) is 1. The van der Waals surface area contributed by atoms with E-state index in [0.29, 0.717) is 24.2 Å². The van der Waals surface area contributed by atoms with Crippen LogP contribution in [-0.4, -0.2) is 40.9 Å². The number of hydrogen-bond acceptors (Lipinski definition) is 3. The van der Waals surface area contributed by atoms with E-state index >= 15 is 0 Å². The highest BCUT2D eigenvalue weighted by atomic mass is 16.4. The van der Waals surface area contributed by atoms with Crippen LogP contribution in [0.1, 0.15) is 37.6 Å². The van der Waals surface area contributed by atoms with Gasteiger partial charge in [0.05, 0.1) is 5.92 Å². The molecule has 1 fully saturated rings. The van der Waals surface area contributed by atoms with Gasteiger partial charge in [-0.3, -0.25) is 9.59 Å². The van der Waals surface area contributed by atoms with E-state index in [1.807, 2.05) is 20.8 Å². The number of rotatable bonds is 3. The van der Waals surface area contributed by atoms with Crippen LogP contribution in [0.3, 0.4) is 0 Å². The number of carbonyl (C=O) groups excluding carboxylic acids is 2. The van der Waals surface area contributed by atoms with E-state index in [1.165, 1.54) is 4.90 Å². The molecule has 0 radical (unpaired) electrons. The number of benzene rings is 1. The Labute approximate surface area is 135 Å². The van der Waals surface area contributed by atoms with Gasteiger partial charge in [0.25, 0.3) is 0 Å². The molecule has 124 valence electrons. The van der Waals surface area contributed by atoms with Crippen LogP contribution < -0.4 is 5.32 Å². The lowest BCUT2D eigenvalue weighted by atomic mass is 9.86. The quantitative estimate of drug-likeness (QED) is 0.839. The van der Waals surface area contributed by atoms with Crippen molar-refractivity contribution in [2.24, 2.45) is 11.3 Å². The minimum Gasteiger partial charge on any atom is -0.481 e. The Balaban J connectivity index is 1.98. The van der Waals surface area contributed by atoms with Gasteiger partial charge in [0, 0.05) is 29.8 Å². The molecule has 0 saturated carbocycles. The molecule has 0 spiro atoms. The van der Waals surface area contributed by atoms with Gasteiger partial charge in [-0.05, 0) is 30.7 Å². The molecule has 1 saturated heterocycles. The second-order valence-electron chi connectivity index (χ2n) is 6.86.